The van der Waals surface area contributed by atoms with Gasteiger partial charge in [0.2, 0.25) is 0 Å². The van der Waals surface area contributed by atoms with Gasteiger partial charge in [-0.05, 0) is 56.0 Å². The van der Waals surface area contributed by atoms with Crippen molar-refractivity contribution in [3.8, 4) is 0 Å². The summed E-state index contributed by atoms with van der Waals surface area (Å²) in [6.45, 7) is 3.76. The second-order valence-electron chi connectivity index (χ2n) is 7.93. The summed E-state index contributed by atoms with van der Waals surface area (Å²) in [5.74, 6) is 1.19. The standard InChI is InChI=1S/C19H26N2O3S/c1-20-10-15-12-21(13-16(15)11-20)19(22)14-6-8-18(9-7-14)25(23,24)17-4-2-3-5-17/h6-9,15-17H,2-5,10-13H2,1H3/t15-,16+. The van der Waals surface area contributed by atoms with Crippen molar-refractivity contribution in [2.75, 3.05) is 33.2 Å². The fourth-order valence-electron chi connectivity index (χ4n) is 4.75. The van der Waals surface area contributed by atoms with E-state index in [9.17, 15) is 13.2 Å². The Labute approximate surface area is 149 Å². The van der Waals surface area contributed by atoms with E-state index >= 15 is 0 Å². The zero-order valence-corrected chi connectivity index (χ0v) is 15.5. The fraction of sp³-hybridized carbons (Fsp3) is 0.632. The van der Waals surface area contributed by atoms with E-state index in [1.165, 1.54) is 0 Å². The first-order valence-corrected chi connectivity index (χ1v) is 10.8. The van der Waals surface area contributed by atoms with Crippen LogP contribution in [0.15, 0.2) is 29.2 Å². The molecule has 25 heavy (non-hydrogen) atoms. The molecule has 136 valence electrons. The van der Waals surface area contributed by atoms with Gasteiger partial charge in [-0.3, -0.25) is 4.79 Å². The highest BCUT2D eigenvalue weighted by Gasteiger charge is 2.40. The highest BCUT2D eigenvalue weighted by Crippen LogP contribution is 2.32. The molecule has 2 saturated heterocycles. The quantitative estimate of drug-likeness (QED) is 0.826. The molecule has 6 heteroatoms. The van der Waals surface area contributed by atoms with Crippen LogP contribution in [-0.2, 0) is 9.84 Å². The summed E-state index contributed by atoms with van der Waals surface area (Å²) in [6.07, 6.45) is 3.50. The number of sulfone groups is 1. The molecule has 3 fully saturated rings. The summed E-state index contributed by atoms with van der Waals surface area (Å²) < 4.78 is 25.3. The maximum Gasteiger partial charge on any atom is 0.253 e. The molecule has 0 spiro atoms. The number of fused-ring (bicyclic) bond motifs is 1. The number of likely N-dealkylation sites (tertiary alicyclic amines) is 2. The largest absolute Gasteiger partial charge is 0.338 e. The Hall–Kier alpha value is -1.40. The minimum Gasteiger partial charge on any atom is -0.338 e. The van der Waals surface area contributed by atoms with Crippen LogP contribution in [0.1, 0.15) is 36.0 Å². The van der Waals surface area contributed by atoms with Crippen molar-refractivity contribution in [2.24, 2.45) is 11.8 Å². The number of hydrogen-bond donors (Lipinski definition) is 0. The van der Waals surface area contributed by atoms with Gasteiger partial charge < -0.3 is 9.80 Å². The molecular weight excluding hydrogens is 336 g/mol. The topological polar surface area (TPSA) is 57.7 Å². The Kier molecular flexibility index (Phi) is 4.36. The minimum atomic E-state index is -3.25. The molecule has 0 aromatic heterocycles. The van der Waals surface area contributed by atoms with Crippen molar-refractivity contribution >= 4 is 15.7 Å². The molecule has 1 amide bonds. The summed E-state index contributed by atoms with van der Waals surface area (Å²) in [5.41, 5.74) is 0.596. The number of carbonyl (C=O) groups excluding carboxylic acids is 1. The van der Waals surface area contributed by atoms with Crippen LogP contribution >= 0.6 is 0 Å². The van der Waals surface area contributed by atoms with Crippen LogP contribution in [-0.4, -0.2) is 62.6 Å². The Bertz CT molecular complexity index is 739. The van der Waals surface area contributed by atoms with Gasteiger partial charge in [0.15, 0.2) is 9.84 Å². The van der Waals surface area contributed by atoms with Gasteiger partial charge in [-0.15, -0.1) is 0 Å². The van der Waals surface area contributed by atoms with Crippen molar-refractivity contribution < 1.29 is 13.2 Å². The van der Waals surface area contributed by atoms with Gasteiger partial charge in [0.1, 0.15) is 0 Å². The van der Waals surface area contributed by atoms with Crippen molar-refractivity contribution in [3.05, 3.63) is 29.8 Å². The predicted molar refractivity (Wildman–Crippen MR) is 96.3 cm³/mol. The Morgan fingerprint density at radius 3 is 2.08 bits per heavy atom. The lowest BCUT2D eigenvalue weighted by Gasteiger charge is -2.19. The van der Waals surface area contributed by atoms with E-state index < -0.39 is 9.84 Å². The Morgan fingerprint density at radius 2 is 1.52 bits per heavy atom. The third-order valence-corrected chi connectivity index (χ3v) is 8.41. The number of hydrogen-bond acceptors (Lipinski definition) is 4. The molecule has 1 aliphatic carbocycles. The van der Waals surface area contributed by atoms with Crippen LogP contribution in [0.3, 0.4) is 0 Å². The van der Waals surface area contributed by atoms with Crippen molar-refractivity contribution in [1.29, 1.82) is 0 Å². The van der Waals surface area contributed by atoms with Gasteiger partial charge in [0.25, 0.3) is 5.91 Å². The van der Waals surface area contributed by atoms with E-state index in [4.69, 9.17) is 0 Å². The zero-order chi connectivity index (χ0) is 17.6. The fourth-order valence-corrected chi connectivity index (χ4v) is 6.61. The Balaban J connectivity index is 1.46. The first kappa shape index (κ1) is 17.0. The third kappa shape index (κ3) is 3.10. The molecule has 2 heterocycles. The summed E-state index contributed by atoms with van der Waals surface area (Å²) in [4.78, 5) is 17.4. The Morgan fingerprint density at radius 1 is 0.960 bits per heavy atom. The molecule has 3 aliphatic rings. The first-order valence-electron chi connectivity index (χ1n) is 9.27. The van der Waals surface area contributed by atoms with Gasteiger partial charge in [-0.1, -0.05) is 12.8 Å². The van der Waals surface area contributed by atoms with Gasteiger partial charge in [0, 0.05) is 31.7 Å². The molecule has 0 N–H and O–H groups in total. The van der Waals surface area contributed by atoms with Crippen LogP contribution in [0.2, 0.25) is 0 Å². The van der Waals surface area contributed by atoms with Gasteiger partial charge in [-0.25, -0.2) is 8.42 Å². The molecular formula is C19H26N2O3S. The van der Waals surface area contributed by atoms with E-state index in [-0.39, 0.29) is 11.2 Å². The van der Waals surface area contributed by atoms with Crippen LogP contribution in [0.25, 0.3) is 0 Å². The summed E-state index contributed by atoms with van der Waals surface area (Å²) in [5, 5.41) is -0.246. The number of carbonyl (C=O) groups is 1. The predicted octanol–water partition coefficient (Wildman–Crippen LogP) is 2.04. The van der Waals surface area contributed by atoms with E-state index in [1.807, 2.05) is 4.90 Å². The highest BCUT2D eigenvalue weighted by atomic mass is 32.2. The van der Waals surface area contributed by atoms with E-state index in [2.05, 4.69) is 11.9 Å². The molecule has 0 radical (unpaired) electrons. The monoisotopic (exact) mass is 362 g/mol. The molecule has 4 rings (SSSR count). The maximum absolute atomic E-state index is 12.7. The maximum atomic E-state index is 12.7. The molecule has 5 nitrogen and oxygen atoms in total. The zero-order valence-electron chi connectivity index (χ0n) is 14.7. The lowest BCUT2D eigenvalue weighted by atomic mass is 10.0. The van der Waals surface area contributed by atoms with Crippen LogP contribution in [0.4, 0.5) is 0 Å². The van der Waals surface area contributed by atoms with Gasteiger partial charge >= 0.3 is 0 Å². The van der Waals surface area contributed by atoms with E-state index in [1.54, 1.807) is 24.3 Å². The van der Waals surface area contributed by atoms with Crippen molar-refractivity contribution in [3.63, 3.8) is 0 Å². The van der Waals surface area contributed by atoms with Crippen LogP contribution < -0.4 is 0 Å². The average Bonchev–Trinajstić information content (AvgIpc) is 3.30. The number of benzene rings is 1. The smallest absolute Gasteiger partial charge is 0.253 e. The summed E-state index contributed by atoms with van der Waals surface area (Å²) >= 11 is 0. The molecule has 1 aromatic rings. The lowest BCUT2D eigenvalue weighted by Crippen LogP contribution is -2.32. The van der Waals surface area contributed by atoms with E-state index in [0.29, 0.717) is 22.3 Å². The second kappa shape index (κ2) is 6.40. The molecule has 2 aliphatic heterocycles. The lowest BCUT2D eigenvalue weighted by molar-refractivity contribution is 0.0776. The first-order chi connectivity index (χ1) is 11.9. The number of rotatable bonds is 3. The number of amides is 1. The van der Waals surface area contributed by atoms with Crippen molar-refractivity contribution in [1.82, 2.24) is 9.80 Å². The van der Waals surface area contributed by atoms with Gasteiger partial charge in [-0.2, -0.15) is 0 Å². The number of nitrogens with zero attached hydrogens (tertiary/aromatic N) is 2. The summed E-state index contributed by atoms with van der Waals surface area (Å²) in [6, 6.07) is 6.60. The molecule has 0 unspecified atom stereocenters. The SMILES string of the molecule is CN1C[C@@H]2CN(C(=O)c3ccc(S(=O)(=O)C4CCCC4)cc3)C[C@@H]2C1. The normalized spacial score (nSPS) is 27.8. The second-order valence-corrected chi connectivity index (χ2v) is 10.2. The third-order valence-electron chi connectivity index (χ3n) is 6.13. The average molecular weight is 362 g/mol. The molecule has 1 saturated carbocycles. The van der Waals surface area contributed by atoms with Crippen LogP contribution in [0.5, 0.6) is 0 Å². The molecule has 1 aromatic carbocycles. The minimum absolute atomic E-state index is 0.0295. The highest BCUT2D eigenvalue weighted by molar-refractivity contribution is 7.92. The summed E-state index contributed by atoms with van der Waals surface area (Å²) in [7, 11) is -1.12. The van der Waals surface area contributed by atoms with Gasteiger partial charge in [0.05, 0.1) is 10.1 Å². The van der Waals surface area contributed by atoms with E-state index in [0.717, 1.165) is 51.9 Å². The van der Waals surface area contributed by atoms with Crippen molar-refractivity contribution in [2.45, 2.75) is 35.8 Å². The van der Waals surface area contributed by atoms with Crippen LogP contribution in [0, 0.1) is 11.8 Å². The molecule has 0 bridgehead atoms. The molecule has 2 atom stereocenters.